The first-order valence-corrected chi connectivity index (χ1v) is 5.49. The van der Waals surface area contributed by atoms with Crippen molar-refractivity contribution >= 4 is 11.4 Å². The van der Waals surface area contributed by atoms with Crippen molar-refractivity contribution in [3.8, 4) is 5.75 Å². The van der Waals surface area contributed by atoms with Gasteiger partial charge in [-0.05, 0) is 18.9 Å². The molecule has 0 unspecified atom stereocenters. The lowest BCUT2D eigenvalue weighted by Crippen LogP contribution is -2.18. The van der Waals surface area contributed by atoms with E-state index in [2.05, 4.69) is 5.32 Å². The molecule has 2 N–H and O–H groups in total. The van der Waals surface area contributed by atoms with E-state index in [0.29, 0.717) is 12.2 Å². The highest BCUT2D eigenvalue weighted by atomic mass is 16.6. The fourth-order valence-electron chi connectivity index (χ4n) is 1.85. The summed E-state index contributed by atoms with van der Waals surface area (Å²) in [5.41, 5.74) is 0.284. The topological polar surface area (TPSA) is 84.6 Å². The van der Waals surface area contributed by atoms with Crippen molar-refractivity contribution in [1.82, 2.24) is 0 Å². The molecule has 1 fully saturated rings. The maximum Gasteiger partial charge on any atom is 0.292 e. The van der Waals surface area contributed by atoms with Crippen molar-refractivity contribution in [3.63, 3.8) is 0 Å². The lowest BCUT2D eigenvalue weighted by molar-refractivity contribution is -0.384. The second-order valence-electron chi connectivity index (χ2n) is 3.97. The maximum absolute atomic E-state index is 10.8. The first-order valence-electron chi connectivity index (χ1n) is 5.49. The number of rotatable bonds is 4. The third kappa shape index (κ3) is 2.85. The number of nitrogens with one attached hydrogen (secondary N) is 1. The summed E-state index contributed by atoms with van der Waals surface area (Å²) < 4.78 is 5.41. The molecule has 0 radical (unpaired) electrons. The number of phenols is 1. The lowest BCUT2D eigenvalue weighted by Gasteiger charge is -2.12. The second kappa shape index (κ2) is 5.01. The Morgan fingerprint density at radius 1 is 1.59 bits per heavy atom. The molecular formula is C11H14N2O4. The van der Waals surface area contributed by atoms with Crippen molar-refractivity contribution < 1.29 is 14.8 Å². The zero-order chi connectivity index (χ0) is 12.3. The van der Waals surface area contributed by atoms with Crippen LogP contribution >= 0.6 is 0 Å². The molecule has 0 saturated carbocycles. The average molecular weight is 238 g/mol. The van der Waals surface area contributed by atoms with Crippen LogP contribution < -0.4 is 5.32 Å². The summed E-state index contributed by atoms with van der Waals surface area (Å²) in [6, 6.07) is 3.94. The number of nitro groups is 1. The number of hydrogen-bond acceptors (Lipinski definition) is 5. The fourth-order valence-corrected chi connectivity index (χ4v) is 1.85. The Labute approximate surface area is 98.4 Å². The highest BCUT2D eigenvalue weighted by molar-refractivity contribution is 5.63. The zero-order valence-electron chi connectivity index (χ0n) is 9.26. The minimum atomic E-state index is -0.475. The molecule has 1 aromatic carbocycles. The average Bonchev–Trinajstić information content (AvgIpc) is 2.78. The van der Waals surface area contributed by atoms with Crippen molar-refractivity contribution in [2.24, 2.45) is 0 Å². The normalized spacial score (nSPS) is 19.2. The van der Waals surface area contributed by atoms with Gasteiger partial charge in [0.05, 0.1) is 11.0 Å². The summed E-state index contributed by atoms with van der Waals surface area (Å²) in [5.74, 6) is 0.00504. The van der Waals surface area contributed by atoms with Crippen LogP contribution in [-0.4, -0.2) is 29.3 Å². The van der Waals surface area contributed by atoms with Crippen LogP contribution in [0.3, 0.4) is 0 Å². The smallest absolute Gasteiger partial charge is 0.292 e. The molecule has 6 nitrogen and oxygen atoms in total. The number of hydrogen-bond donors (Lipinski definition) is 2. The Hall–Kier alpha value is -1.82. The van der Waals surface area contributed by atoms with E-state index in [0.717, 1.165) is 19.4 Å². The van der Waals surface area contributed by atoms with Gasteiger partial charge in [-0.25, -0.2) is 0 Å². The Bertz CT molecular complexity index is 416. The number of aromatic hydroxyl groups is 1. The Balaban J connectivity index is 2.07. The van der Waals surface area contributed by atoms with Crippen LogP contribution in [0.1, 0.15) is 12.8 Å². The van der Waals surface area contributed by atoms with Crippen molar-refractivity contribution in [2.45, 2.75) is 18.9 Å². The lowest BCUT2D eigenvalue weighted by atomic mass is 10.2. The van der Waals surface area contributed by atoms with Crippen LogP contribution in [0.15, 0.2) is 18.2 Å². The fraction of sp³-hybridized carbons (Fsp3) is 0.455. The van der Waals surface area contributed by atoms with E-state index in [1.54, 1.807) is 0 Å². The number of anilines is 1. The van der Waals surface area contributed by atoms with E-state index in [1.807, 2.05) is 0 Å². The van der Waals surface area contributed by atoms with E-state index in [9.17, 15) is 15.2 Å². The summed E-state index contributed by atoms with van der Waals surface area (Å²) in [6.07, 6.45) is 2.07. The summed E-state index contributed by atoms with van der Waals surface area (Å²) in [6.45, 7) is 1.26. The van der Waals surface area contributed by atoms with Crippen LogP contribution in [0, 0.1) is 10.1 Å². The first-order chi connectivity index (χ1) is 8.16. The van der Waals surface area contributed by atoms with Gasteiger partial charge in [-0.3, -0.25) is 10.1 Å². The minimum Gasteiger partial charge on any atom is -0.508 e. The third-order valence-corrected chi connectivity index (χ3v) is 2.72. The molecule has 0 spiro atoms. The molecule has 1 atom stereocenters. The van der Waals surface area contributed by atoms with Crippen LogP contribution in [0.2, 0.25) is 0 Å². The summed E-state index contributed by atoms with van der Waals surface area (Å²) in [5, 5.41) is 23.0. The van der Waals surface area contributed by atoms with E-state index in [4.69, 9.17) is 4.74 Å². The largest absolute Gasteiger partial charge is 0.508 e. The van der Waals surface area contributed by atoms with Gasteiger partial charge in [-0.2, -0.15) is 0 Å². The monoisotopic (exact) mass is 238 g/mol. The molecule has 1 saturated heterocycles. The van der Waals surface area contributed by atoms with Crippen molar-refractivity contribution in [2.75, 3.05) is 18.5 Å². The quantitative estimate of drug-likeness (QED) is 0.618. The van der Waals surface area contributed by atoms with Crippen LogP contribution in [0.25, 0.3) is 0 Å². The highest BCUT2D eigenvalue weighted by Crippen LogP contribution is 2.28. The van der Waals surface area contributed by atoms with Gasteiger partial charge in [0.25, 0.3) is 5.69 Å². The molecule has 17 heavy (non-hydrogen) atoms. The highest BCUT2D eigenvalue weighted by Gasteiger charge is 2.18. The number of nitro benzene ring substituents is 1. The van der Waals surface area contributed by atoms with Gasteiger partial charge in [0.1, 0.15) is 11.4 Å². The standard InChI is InChI=1S/C11H14N2O4/c14-8-3-4-11(13(15)16)10(6-8)12-7-9-2-1-5-17-9/h3-4,6,9,12,14H,1-2,5,7H2/t9-/m0/s1. The van der Waals surface area contributed by atoms with Crippen molar-refractivity contribution in [3.05, 3.63) is 28.3 Å². The summed E-state index contributed by atoms with van der Waals surface area (Å²) in [7, 11) is 0. The maximum atomic E-state index is 10.8. The minimum absolute atomic E-state index is 0.00504. The van der Waals surface area contributed by atoms with E-state index < -0.39 is 4.92 Å². The van der Waals surface area contributed by atoms with Crippen LogP contribution in [0.5, 0.6) is 5.75 Å². The van der Waals surface area contributed by atoms with Gasteiger partial charge in [0.15, 0.2) is 0 Å². The second-order valence-corrected chi connectivity index (χ2v) is 3.97. The van der Waals surface area contributed by atoms with Gasteiger partial charge >= 0.3 is 0 Å². The number of nitrogens with zero attached hydrogens (tertiary/aromatic N) is 1. The summed E-state index contributed by atoms with van der Waals surface area (Å²) in [4.78, 5) is 10.3. The first kappa shape index (κ1) is 11.7. The molecular weight excluding hydrogens is 224 g/mol. The van der Waals surface area contributed by atoms with E-state index in [-0.39, 0.29) is 17.5 Å². The SMILES string of the molecule is O=[N+]([O-])c1ccc(O)cc1NC[C@@H]1CCCO1. The van der Waals surface area contributed by atoms with Gasteiger partial charge < -0.3 is 15.2 Å². The van der Waals surface area contributed by atoms with Crippen LogP contribution in [0.4, 0.5) is 11.4 Å². The van der Waals surface area contributed by atoms with Gasteiger partial charge in [-0.15, -0.1) is 0 Å². The molecule has 0 aliphatic carbocycles. The molecule has 92 valence electrons. The predicted octanol–water partition coefficient (Wildman–Crippen LogP) is 1.89. The van der Waals surface area contributed by atoms with Gasteiger partial charge in [0, 0.05) is 25.3 Å². The molecule has 0 aromatic heterocycles. The molecule has 0 amide bonds. The number of phenolic OH excluding ortho intramolecular Hbond substituents is 1. The Morgan fingerprint density at radius 3 is 3.06 bits per heavy atom. The molecule has 2 rings (SSSR count). The number of benzene rings is 1. The molecule has 1 aliphatic heterocycles. The summed E-state index contributed by atoms with van der Waals surface area (Å²) >= 11 is 0. The Kier molecular flexibility index (Phi) is 3.43. The molecule has 1 aromatic rings. The molecule has 6 heteroatoms. The predicted molar refractivity (Wildman–Crippen MR) is 62.2 cm³/mol. The molecule has 1 heterocycles. The van der Waals surface area contributed by atoms with Gasteiger partial charge in [0.2, 0.25) is 0 Å². The molecule has 0 bridgehead atoms. The zero-order valence-corrected chi connectivity index (χ0v) is 9.26. The third-order valence-electron chi connectivity index (χ3n) is 2.72. The van der Waals surface area contributed by atoms with Gasteiger partial charge in [-0.1, -0.05) is 0 Å². The van der Waals surface area contributed by atoms with Crippen LogP contribution in [-0.2, 0) is 4.74 Å². The van der Waals surface area contributed by atoms with Crippen molar-refractivity contribution in [1.29, 1.82) is 0 Å². The van der Waals surface area contributed by atoms with E-state index >= 15 is 0 Å². The van der Waals surface area contributed by atoms with E-state index in [1.165, 1.54) is 18.2 Å². The molecule has 1 aliphatic rings. The number of ether oxygens (including phenoxy) is 1. The Morgan fingerprint density at radius 2 is 2.41 bits per heavy atom.